The average molecular weight is 291 g/mol. The van der Waals surface area contributed by atoms with Crippen LogP contribution in [0, 0.1) is 13.8 Å². The second-order valence-electron chi connectivity index (χ2n) is 5.85. The van der Waals surface area contributed by atoms with Gasteiger partial charge in [0.2, 0.25) is 0 Å². The molecular weight excluding hydrogens is 262 g/mol. The summed E-state index contributed by atoms with van der Waals surface area (Å²) in [6, 6.07) is 6.31. The second-order valence-corrected chi connectivity index (χ2v) is 5.85. The van der Waals surface area contributed by atoms with Crippen LogP contribution in [0.5, 0.6) is 0 Å². The first-order valence-corrected chi connectivity index (χ1v) is 7.78. The molecule has 0 amide bonds. The Morgan fingerprint density at radius 1 is 1.29 bits per heavy atom. The fourth-order valence-electron chi connectivity index (χ4n) is 2.60. The molecule has 1 aromatic rings. The van der Waals surface area contributed by atoms with Gasteiger partial charge >= 0.3 is 0 Å². The molecule has 0 fully saturated rings. The third kappa shape index (κ3) is 4.65. The predicted octanol–water partition coefficient (Wildman–Crippen LogP) is 3.62. The highest BCUT2D eigenvalue weighted by molar-refractivity contribution is 6.01. The zero-order chi connectivity index (χ0) is 16.0. The molecule has 0 aromatic heterocycles. The standard InChI is InChI=1S/C18H29NO2/c1-7-15(4)19(10-11-21-6)16(5)18(20)17-12-13(2)8-9-14(17)3/h8-9,12,15-16H,7,10-11H2,1-6H3. The van der Waals surface area contributed by atoms with E-state index in [1.54, 1.807) is 7.11 Å². The summed E-state index contributed by atoms with van der Waals surface area (Å²) in [5, 5.41) is 0. The fourth-order valence-corrected chi connectivity index (χ4v) is 2.60. The normalized spacial score (nSPS) is 14.2. The highest BCUT2D eigenvalue weighted by Gasteiger charge is 2.26. The van der Waals surface area contributed by atoms with Crippen LogP contribution < -0.4 is 0 Å². The molecule has 2 atom stereocenters. The van der Waals surface area contributed by atoms with Gasteiger partial charge in [-0.25, -0.2) is 0 Å². The maximum Gasteiger partial charge on any atom is 0.179 e. The molecule has 0 aliphatic rings. The first-order valence-electron chi connectivity index (χ1n) is 7.78. The van der Waals surface area contributed by atoms with Crippen LogP contribution in [0.4, 0.5) is 0 Å². The summed E-state index contributed by atoms with van der Waals surface area (Å²) in [4.78, 5) is 15.1. The molecular formula is C18H29NO2. The number of ketones is 1. The Labute approximate surface area is 129 Å². The summed E-state index contributed by atoms with van der Waals surface area (Å²) >= 11 is 0. The first-order chi connectivity index (χ1) is 9.92. The number of methoxy groups -OCH3 is 1. The van der Waals surface area contributed by atoms with E-state index in [9.17, 15) is 4.79 Å². The third-order valence-electron chi connectivity index (χ3n) is 4.25. The SMILES string of the molecule is CCC(C)N(CCOC)C(C)C(=O)c1cc(C)ccc1C. The Balaban J connectivity index is 2.98. The van der Waals surface area contributed by atoms with E-state index in [4.69, 9.17) is 4.74 Å². The number of carbonyl (C=O) groups excluding carboxylic acids is 1. The number of rotatable bonds is 8. The lowest BCUT2D eigenvalue weighted by molar-refractivity contribution is 0.0668. The average Bonchev–Trinajstić information content (AvgIpc) is 2.48. The summed E-state index contributed by atoms with van der Waals surface area (Å²) in [6.07, 6.45) is 1.02. The summed E-state index contributed by atoms with van der Waals surface area (Å²) in [5.74, 6) is 0.201. The van der Waals surface area contributed by atoms with Crippen molar-refractivity contribution >= 4 is 5.78 Å². The molecule has 3 heteroatoms. The summed E-state index contributed by atoms with van der Waals surface area (Å²) in [6.45, 7) is 11.8. The van der Waals surface area contributed by atoms with E-state index in [0.29, 0.717) is 12.6 Å². The van der Waals surface area contributed by atoms with Gasteiger partial charge in [0.25, 0.3) is 0 Å². The lowest BCUT2D eigenvalue weighted by atomic mass is 9.96. The summed E-state index contributed by atoms with van der Waals surface area (Å²) in [7, 11) is 1.70. The van der Waals surface area contributed by atoms with E-state index in [1.807, 2.05) is 39.0 Å². The van der Waals surface area contributed by atoms with E-state index in [-0.39, 0.29) is 11.8 Å². The molecule has 0 aliphatic heterocycles. The minimum atomic E-state index is -0.129. The maximum atomic E-state index is 12.9. The van der Waals surface area contributed by atoms with Gasteiger partial charge in [0.1, 0.15) is 0 Å². The zero-order valence-corrected chi connectivity index (χ0v) is 14.3. The lowest BCUT2D eigenvalue weighted by Crippen LogP contribution is -2.46. The van der Waals surface area contributed by atoms with Gasteiger partial charge in [-0.1, -0.05) is 24.6 Å². The van der Waals surface area contributed by atoms with Gasteiger partial charge in [-0.05, 0) is 45.7 Å². The molecule has 21 heavy (non-hydrogen) atoms. The van der Waals surface area contributed by atoms with Crippen LogP contribution in [0.1, 0.15) is 48.7 Å². The van der Waals surface area contributed by atoms with Crippen molar-refractivity contribution in [1.29, 1.82) is 0 Å². The predicted molar refractivity (Wildman–Crippen MR) is 88.0 cm³/mol. The van der Waals surface area contributed by atoms with E-state index >= 15 is 0 Å². The molecule has 0 spiro atoms. The molecule has 0 heterocycles. The largest absolute Gasteiger partial charge is 0.383 e. The van der Waals surface area contributed by atoms with Crippen LogP contribution in [0.3, 0.4) is 0 Å². The van der Waals surface area contributed by atoms with Gasteiger partial charge in [-0.15, -0.1) is 0 Å². The molecule has 0 saturated heterocycles. The van der Waals surface area contributed by atoms with E-state index in [1.165, 1.54) is 0 Å². The van der Waals surface area contributed by atoms with E-state index in [0.717, 1.165) is 29.7 Å². The molecule has 1 rings (SSSR count). The van der Waals surface area contributed by atoms with Gasteiger partial charge < -0.3 is 4.74 Å². The monoisotopic (exact) mass is 291 g/mol. The first kappa shape index (κ1) is 17.9. The molecule has 118 valence electrons. The molecule has 2 unspecified atom stereocenters. The van der Waals surface area contributed by atoms with Crippen molar-refractivity contribution in [3.05, 3.63) is 34.9 Å². The number of Topliss-reactive ketones (excluding diaryl/α,β-unsaturated/α-hetero) is 1. The molecule has 3 nitrogen and oxygen atoms in total. The number of nitrogens with zero attached hydrogens (tertiary/aromatic N) is 1. The van der Waals surface area contributed by atoms with Crippen molar-refractivity contribution in [1.82, 2.24) is 4.90 Å². The molecule has 0 radical (unpaired) electrons. The minimum Gasteiger partial charge on any atom is -0.383 e. The number of aryl methyl sites for hydroxylation is 2. The minimum absolute atomic E-state index is 0.129. The van der Waals surface area contributed by atoms with Crippen LogP contribution >= 0.6 is 0 Å². The molecule has 1 aromatic carbocycles. The van der Waals surface area contributed by atoms with Gasteiger partial charge in [-0.3, -0.25) is 9.69 Å². The highest BCUT2D eigenvalue weighted by atomic mass is 16.5. The zero-order valence-electron chi connectivity index (χ0n) is 14.3. The molecule has 0 N–H and O–H groups in total. The van der Waals surface area contributed by atoms with Crippen molar-refractivity contribution in [2.75, 3.05) is 20.3 Å². The van der Waals surface area contributed by atoms with Crippen molar-refractivity contribution in [3.8, 4) is 0 Å². The van der Waals surface area contributed by atoms with Crippen molar-refractivity contribution in [2.24, 2.45) is 0 Å². The Hall–Kier alpha value is -1.19. The highest BCUT2D eigenvalue weighted by Crippen LogP contribution is 2.18. The van der Waals surface area contributed by atoms with E-state index < -0.39 is 0 Å². The maximum absolute atomic E-state index is 12.9. The smallest absolute Gasteiger partial charge is 0.179 e. The molecule has 0 saturated carbocycles. The van der Waals surface area contributed by atoms with Gasteiger partial charge in [0, 0.05) is 25.3 Å². The number of carbonyl (C=O) groups is 1. The molecule has 0 bridgehead atoms. The summed E-state index contributed by atoms with van der Waals surface area (Å²) < 4.78 is 5.19. The Morgan fingerprint density at radius 2 is 1.95 bits per heavy atom. The Bertz CT molecular complexity index is 470. The van der Waals surface area contributed by atoms with Crippen molar-refractivity contribution in [3.63, 3.8) is 0 Å². The second kappa shape index (κ2) is 8.30. The molecule has 0 aliphatic carbocycles. The van der Waals surface area contributed by atoms with Gasteiger partial charge in [0.15, 0.2) is 5.78 Å². The van der Waals surface area contributed by atoms with Gasteiger partial charge in [0.05, 0.1) is 12.6 Å². The van der Waals surface area contributed by atoms with E-state index in [2.05, 4.69) is 18.7 Å². The topological polar surface area (TPSA) is 29.5 Å². The van der Waals surface area contributed by atoms with Gasteiger partial charge in [-0.2, -0.15) is 0 Å². The Kier molecular flexibility index (Phi) is 7.06. The van der Waals surface area contributed by atoms with Crippen LogP contribution in [0.15, 0.2) is 18.2 Å². The third-order valence-corrected chi connectivity index (χ3v) is 4.25. The number of ether oxygens (including phenoxy) is 1. The van der Waals surface area contributed by atoms with Crippen LogP contribution in [0.2, 0.25) is 0 Å². The number of hydrogen-bond acceptors (Lipinski definition) is 3. The quantitative estimate of drug-likeness (QED) is 0.685. The fraction of sp³-hybridized carbons (Fsp3) is 0.611. The Morgan fingerprint density at radius 3 is 2.52 bits per heavy atom. The van der Waals surface area contributed by atoms with Crippen LogP contribution in [0.25, 0.3) is 0 Å². The van der Waals surface area contributed by atoms with Crippen LogP contribution in [-0.4, -0.2) is 43.0 Å². The van der Waals surface area contributed by atoms with Crippen LogP contribution in [-0.2, 0) is 4.74 Å². The lowest BCUT2D eigenvalue weighted by Gasteiger charge is -2.33. The van der Waals surface area contributed by atoms with Crippen molar-refractivity contribution < 1.29 is 9.53 Å². The van der Waals surface area contributed by atoms with Crippen molar-refractivity contribution in [2.45, 2.75) is 53.1 Å². The summed E-state index contributed by atoms with van der Waals surface area (Å²) in [5.41, 5.74) is 3.02. The number of benzene rings is 1. The number of hydrogen-bond donors (Lipinski definition) is 0.